The molecule has 1 N–H and O–H groups in total. The lowest BCUT2D eigenvalue weighted by atomic mass is 9.94. The summed E-state index contributed by atoms with van der Waals surface area (Å²) >= 11 is 0. The zero-order valence-corrected chi connectivity index (χ0v) is 18.9. The number of methoxy groups -OCH3 is 1. The van der Waals surface area contributed by atoms with Crippen molar-refractivity contribution in [2.75, 3.05) is 25.6 Å². The van der Waals surface area contributed by atoms with Gasteiger partial charge in [-0.3, -0.25) is 24.1 Å². The van der Waals surface area contributed by atoms with Crippen LogP contribution in [-0.4, -0.2) is 54.8 Å². The predicted molar refractivity (Wildman–Crippen MR) is 126 cm³/mol. The van der Waals surface area contributed by atoms with E-state index in [4.69, 9.17) is 4.74 Å². The molecule has 0 fully saturated rings. The first-order chi connectivity index (χ1) is 16.9. The van der Waals surface area contributed by atoms with Gasteiger partial charge in [-0.05, 0) is 36.1 Å². The van der Waals surface area contributed by atoms with Crippen molar-refractivity contribution in [1.82, 2.24) is 4.90 Å². The molecule has 178 valence electrons. The first kappa shape index (κ1) is 23.6. The Morgan fingerprint density at radius 1 is 0.886 bits per heavy atom. The molecule has 0 radical (unpaired) electrons. The molecular formula is C26H22N2O7. The molecule has 35 heavy (non-hydrogen) atoms. The van der Waals surface area contributed by atoms with Crippen molar-refractivity contribution in [1.29, 1.82) is 0 Å². The van der Waals surface area contributed by atoms with Crippen molar-refractivity contribution in [2.24, 2.45) is 0 Å². The molecular weight excluding hydrogens is 452 g/mol. The number of imide groups is 1. The highest BCUT2D eigenvalue weighted by Gasteiger charge is 2.32. The highest BCUT2D eigenvalue weighted by atomic mass is 16.5. The summed E-state index contributed by atoms with van der Waals surface area (Å²) in [4.78, 5) is 62.9. The maximum absolute atomic E-state index is 12.9. The molecule has 0 bridgehead atoms. The Morgan fingerprint density at radius 3 is 2.20 bits per heavy atom. The van der Waals surface area contributed by atoms with Gasteiger partial charge in [0.2, 0.25) is 0 Å². The van der Waals surface area contributed by atoms with E-state index in [-0.39, 0.29) is 30.6 Å². The minimum Gasteiger partial charge on any atom is -0.465 e. The number of nitrogens with zero attached hydrogens (tertiary/aromatic N) is 1. The number of hydrogen-bond donors (Lipinski definition) is 1. The summed E-state index contributed by atoms with van der Waals surface area (Å²) in [6.07, 6.45) is 0.0934. The minimum atomic E-state index is -0.652. The zero-order valence-electron chi connectivity index (χ0n) is 18.9. The van der Waals surface area contributed by atoms with Crippen molar-refractivity contribution in [3.63, 3.8) is 0 Å². The van der Waals surface area contributed by atoms with Crippen LogP contribution in [0, 0.1) is 0 Å². The van der Waals surface area contributed by atoms with Gasteiger partial charge in [-0.2, -0.15) is 0 Å². The number of ether oxygens (including phenoxy) is 2. The van der Waals surface area contributed by atoms with E-state index in [1.807, 2.05) is 12.1 Å². The van der Waals surface area contributed by atoms with Gasteiger partial charge < -0.3 is 14.8 Å². The van der Waals surface area contributed by atoms with Crippen molar-refractivity contribution in [2.45, 2.75) is 12.8 Å². The Balaban J connectivity index is 1.29. The highest BCUT2D eigenvalue weighted by molar-refractivity contribution is 6.25. The van der Waals surface area contributed by atoms with Crippen LogP contribution in [0.4, 0.5) is 5.69 Å². The number of nitrogens with one attached hydrogen (secondary N) is 1. The quantitative estimate of drug-likeness (QED) is 0.393. The van der Waals surface area contributed by atoms with E-state index in [1.165, 1.54) is 19.2 Å². The summed E-state index contributed by atoms with van der Waals surface area (Å²) in [6.45, 7) is -0.512. The van der Waals surface area contributed by atoms with E-state index >= 15 is 0 Å². The molecule has 0 aromatic heterocycles. The number of amides is 3. The Labute approximate surface area is 200 Å². The van der Waals surface area contributed by atoms with Crippen molar-refractivity contribution in [3.05, 3.63) is 77.4 Å². The van der Waals surface area contributed by atoms with Crippen LogP contribution in [0.2, 0.25) is 0 Å². The number of hydrogen-bond acceptors (Lipinski definition) is 7. The summed E-state index contributed by atoms with van der Waals surface area (Å²) in [5.74, 6) is -2.70. The molecule has 0 saturated carbocycles. The number of carbonyl (C=O) groups excluding carboxylic acids is 5. The molecule has 0 saturated heterocycles. The zero-order chi connectivity index (χ0) is 24.9. The second-order valence-corrected chi connectivity index (χ2v) is 7.82. The van der Waals surface area contributed by atoms with Gasteiger partial charge in [0.1, 0.15) is 0 Å². The Morgan fingerprint density at radius 2 is 1.54 bits per heavy atom. The van der Waals surface area contributed by atoms with Gasteiger partial charge in [0, 0.05) is 29.5 Å². The van der Waals surface area contributed by atoms with E-state index in [9.17, 15) is 24.0 Å². The third-order valence-electron chi connectivity index (χ3n) is 5.59. The van der Waals surface area contributed by atoms with Crippen LogP contribution in [0.15, 0.2) is 60.7 Å². The molecule has 1 aliphatic heterocycles. The topological polar surface area (TPSA) is 119 Å². The monoisotopic (exact) mass is 474 g/mol. The molecule has 1 heterocycles. The number of rotatable bonds is 8. The number of para-hydroxylation sites is 1. The first-order valence-electron chi connectivity index (χ1n) is 10.9. The van der Waals surface area contributed by atoms with Crippen molar-refractivity contribution in [3.8, 4) is 0 Å². The first-order valence-corrected chi connectivity index (χ1v) is 10.9. The molecule has 3 amide bonds. The Bertz CT molecular complexity index is 1300. The second-order valence-electron chi connectivity index (χ2n) is 7.82. The molecule has 0 aliphatic carbocycles. The maximum Gasteiger partial charge on any atom is 0.339 e. The molecule has 4 rings (SSSR count). The molecule has 3 aromatic carbocycles. The van der Waals surface area contributed by atoms with Crippen LogP contribution < -0.4 is 5.32 Å². The normalized spacial score (nSPS) is 12.4. The Kier molecular flexibility index (Phi) is 6.86. The fourth-order valence-electron chi connectivity index (χ4n) is 3.95. The smallest absolute Gasteiger partial charge is 0.339 e. The largest absolute Gasteiger partial charge is 0.465 e. The fourth-order valence-corrected chi connectivity index (χ4v) is 3.95. The molecule has 3 aromatic rings. The average molecular weight is 474 g/mol. The number of benzene rings is 3. The maximum atomic E-state index is 12.9. The van der Waals surface area contributed by atoms with E-state index in [2.05, 4.69) is 10.1 Å². The van der Waals surface area contributed by atoms with Gasteiger partial charge in [-0.25, -0.2) is 4.79 Å². The fraction of sp³-hybridized carbons (Fsp3) is 0.192. The van der Waals surface area contributed by atoms with Crippen LogP contribution in [0.3, 0.4) is 0 Å². The average Bonchev–Trinajstić information content (AvgIpc) is 2.87. The lowest BCUT2D eigenvalue weighted by molar-refractivity contribution is -0.147. The summed E-state index contributed by atoms with van der Waals surface area (Å²) in [6, 6.07) is 16.9. The number of carbonyl (C=O) groups is 5. The van der Waals surface area contributed by atoms with Crippen LogP contribution in [0.25, 0.3) is 10.8 Å². The van der Waals surface area contributed by atoms with Gasteiger partial charge in [0.25, 0.3) is 17.7 Å². The summed E-state index contributed by atoms with van der Waals surface area (Å²) < 4.78 is 9.67. The molecule has 0 atom stereocenters. The van der Waals surface area contributed by atoms with E-state index in [1.54, 1.807) is 36.4 Å². The van der Waals surface area contributed by atoms with Gasteiger partial charge in [0.15, 0.2) is 6.61 Å². The van der Waals surface area contributed by atoms with E-state index in [0.717, 1.165) is 10.3 Å². The lowest BCUT2D eigenvalue weighted by Crippen LogP contribution is -2.41. The predicted octanol–water partition coefficient (Wildman–Crippen LogP) is 3.18. The summed E-state index contributed by atoms with van der Waals surface area (Å²) in [5, 5.41) is 3.96. The van der Waals surface area contributed by atoms with Crippen molar-refractivity contribution >= 4 is 46.1 Å². The molecule has 9 heteroatoms. The minimum absolute atomic E-state index is 0.0379. The third-order valence-corrected chi connectivity index (χ3v) is 5.59. The third kappa shape index (κ3) is 4.89. The SMILES string of the molecule is COC(=O)c1ccccc1NC(=O)COC(=O)CCCN1C(=O)c2cccc3cccc(c23)C1=O. The molecule has 0 unspecified atom stereocenters. The Hall–Kier alpha value is -4.53. The lowest BCUT2D eigenvalue weighted by Gasteiger charge is -2.27. The van der Waals surface area contributed by atoms with E-state index in [0.29, 0.717) is 16.5 Å². The van der Waals surface area contributed by atoms with Gasteiger partial charge >= 0.3 is 11.9 Å². The van der Waals surface area contributed by atoms with Gasteiger partial charge in [-0.15, -0.1) is 0 Å². The van der Waals surface area contributed by atoms with Crippen LogP contribution in [0.5, 0.6) is 0 Å². The number of esters is 2. The summed E-state index contributed by atoms with van der Waals surface area (Å²) in [5.41, 5.74) is 1.30. The van der Waals surface area contributed by atoms with Crippen LogP contribution in [-0.2, 0) is 19.1 Å². The van der Waals surface area contributed by atoms with Gasteiger partial charge in [-0.1, -0.05) is 36.4 Å². The van der Waals surface area contributed by atoms with Crippen LogP contribution >= 0.6 is 0 Å². The molecule has 9 nitrogen and oxygen atoms in total. The van der Waals surface area contributed by atoms with Crippen molar-refractivity contribution < 1.29 is 33.4 Å². The highest BCUT2D eigenvalue weighted by Crippen LogP contribution is 2.30. The van der Waals surface area contributed by atoms with E-state index < -0.39 is 36.3 Å². The second kappa shape index (κ2) is 10.2. The molecule has 1 aliphatic rings. The standard InChI is InChI=1S/C26H22N2O7/c1-34-26(33)17-9-2-3-12-20(17)27-21(29)15-35-22(30)13-6-14-28-24(31)18-10-4-7-16-8-5-11-19(23(16)18)25(28)32/h2-5,7-12H,6,13-15H2,1H3,(H,27,29). The molecule has 0 spiro atoms. The number of anilines is 1. The summed E-state index contributed by atoms with van der Waals surface area (Å²) in [7, 11) is 1.23. The van der Waals surface area contributed by atoms with Crippen LogP contribution in [0.1, 0.15) is 43.9 Å². The van der Waals surface area contributed by atoms with Gasteiger partial charge in [0.05, 0.1) is 18.4 Å².